The van der Waals surface area contributed by atoms with Crippen molar-refractivity contribution in [2.75, 3.05) is 6.61 Å². The van der Waals surface area contributed by atoms with Gasteiger partial charge in [0.1, 0.15) is 6.61 Å². The summed E-state index contributed by atoms with van der Waals surface area (Å²) in [5.41, 5.74) is 1.74. The number of halogens is 3. The molecule has 0 aliphatic heterocycles. The molecule has 2 nitrogen and oxygen atoms in total. The van der Waals surface area contributed by atoms with Crippen LogP contribution in [0.4, 0.5) is 0 Å². The number of hydrogen-bond acceptors (Lipinski definition) is 2. The molecule has 5 heteroatoms. The molecule has 0 radical (unpaired) electrons. The highest BCUT2D eigenvalue weighted by atomic mass is 35.5. The van der Waals surface area contributed by atoms with Crippen molar-refractivity contribution in [1.82, 2.24) is 0 Å². The smallest absolute Gasteiger partial charge is 0.166 e. The molecular weight excluding hydrogens is 331 g/mol. The van der Waals surface area contributed by atoms with Crippen LogP contribution in [0.3, 0.4) is 0 Å². The van der Waals surface area contributed by atoms with E-state index in [1.165, 1.54) is 0 Å². The van der Waals surface area contributed by atoms with E-state index in [0.717, 1.165) is 11.1 Å². The zero-order chi connectivity index (χ0) is 15.2. The summed E-state index contributed by atoms with van der Waals surface area (Å²) < 4.78 is 11.5. The van der Waals surface area contributed by atoms with E-state index in [0.29, 0.717) is 40.6 Å². The summed E-state index contributed by atoms with van der Waals surface area (Å²) in [5, 5.41) is 1.17. The molecule has 21 heavy (non-hydrogen) atoms. The maximum absolute atomic E-state index is 6.15. The molecule has 0 N–H and O–H groups in total. The average molecular weight is 346 g/mol. The normalized spacial score (nSPS) is 10.5. The van der Waals surface area contributed by atoms with Gasteiger partial charge >= 0.3 is 0 Å². The molecule has 0 fully saturated rings. The van der Waals surface area contributed by atoms with E-state index in [1.54, 1.807) is 12.1 Å². The molecule has 0 unspecified atom stereocenters. The van der Waals surface area contributed by atoms with E-state index in [1.807, 2.05) is 31.2 Å². The molecule has 0 amide bonds. The predicted molar refractivity (Wildman–Crippen MR) is 88.0 cm³/mol. The van der Waals surface area contributed by atoms with Crippen LogP contribution < -0.4 is 9.47 Å². The molecule has 2 aromatic carbocycles. The first-order valence-electron chi connectivity index (χ1n) is 6.53. The van der Waals surface area contributed by atoms with Crippen LogP contribution in [-0.4, -0.2) is 6.61 Å². The SMILES string of the molecule is CCOc1cccc(CCl)c1OCc1ccc(Cl)cc1Cl. The van der Waals surface area contributed by atoms with Crippen molar-refractivity contribution in [2.45, 2.75) is 19.4 Å². The third kappa shape index (κ3) is 4.19. The Hall–Kier alpha value is -1.09. The molecule has 0 bridgehead atoms. The van der Waals surface area contributed by atoms with Crippen LogP contribution in [0.25, 0.3) is 0 Å². The molecule has 0 aromatic heterocycles. The minimum Gasteiger partial charge on any atom is -0.490 e. The molecule has 0 spiro atoms. The van der Waals surface area contributed by atoms with Crippen LogP contribution in [0.15, 0.2) is 36.4 Å². The fourth-order valence-electron chi connectivity index (χ4n) is 1.89. The molecule has 2 rings (SSSR count). The summed E-state index contributed by atoms with van der Waals surface area (Å²) in [6.45, 7) is 2.81. The predicted octanol–water partition coefficient (Wildman–Crippen LogP) is 5.71. The summed E-state index contributed by atoms with van der Waals surface area (Å²) in [6.07, 6.45) is 0. The van der Waals surface area contributed by atoms with Crippen LogP contribution in [0, 0.1) is 0 Å². The standard InChI is InChI=1S/C16H15Cl3O2/c1-2-20-15-5-3-4-11(9-17)16(15)21-10-12-6-7-13(18)8-14(12)19/h3-8H,2,9-10H2,1H3. The van der Waals surface area contributed by atoms with E-state index in [4.69, 9.17) is 44.3 Å². The number of rotatable bonds is 6. The summed E-state index contributed by atoms with van der Waals surface area (Å²) in [4.78, 5) is 0. The van der Waals surface area contributed by atoms with Gasteiger partial charge in [0.15, 0.2) is 11.5 Å². The molecule has 2 aromatic rings. The second kappa shape index (κ2) is 7.79. The largest absolute Gasteiger partial charge is 0.490 e. The van der Waals surface area contributed by atoms with Crippen molar-refractivity contribution in [3.05, 3.63) is 57.6 Å². The Labute approximate surface area is 139 Å². The highest BCUT2D eigenvalue weighted by molar-refractivity contribution is 6.35. The fourth-order valence-corrected chi connectivity index (χ4v) is 2.56. The third-order valence-electron chi connectivity index (χ3n) is 2.89. The second-order valence-electron chi connectivity index (χ2n) is 4.34. The molecule has 0 atom stereocenters. The summed E-state index contributed by atoms with van der Waals surface area (Å²) in [7, 11) is 0. The van der Waals surface area contributed by atoms with Gasteiger partial charge in [-0.3, -0.25) is 0 Å². The van der Waals surface area contributed by atoms with Gasteiger partial charge in [0.2, 0.25) is 0 Å². The number of alkyl halides is 1. The van der Waals surface area contributed by atoms with E-state index >= 15 is 0 Å². The van der Waals surface area contributed by atoms with Crippen molar-refractivity contribution in [3.8, 4) is 11.5 Å². The molecule has 0 saturated carbocycles. The van der Waals surface area contributed by atoms with Crippen molar-refractivity contribution in [2.24, 2.45) is 0 Å². The minimum absolute atomic E-state index is 0.323. The lowest BCUT2D eigenvalue weighted by molar-refractivity contribution is 0.267. The molecular formula is C16H15Cl3O2. The Kier molecular flexibility index (Phi) is 6.04. The van der Waals surface area contributed by atoms with Crippen LogP contribution in [-0.2, 0) is 12.5 Å². The van der Waals surface area contributed by atoms with Crippen molar-refractivity contribution < 1.29 is 9.47 Å². The number of para-hydroxylation sites is 1. The molecule has 0 aliphatic rings. The van der Waals surface area contributed by atoms with E-state index < -0.39 is 0 Å². The quantitative estimate of drug-likeness (QED) is 0.624. The van der Waals surface area contributed by atoms with Crippen molar-refractivity contribution in [1.29, 1.82) is 0 Å². The zero-order valence-corrected chi connectivity index (χ0v) is 13.8. The van der Waals surface area contributed by atoms with Crippen LogP contribution in [0.1, 0.15) is 18.1 Å². The Morgan fingerprint density at radius 2 is 1.81 bits per heavy atom. The molecule has 0 aliphatic carbocycles. The van der Waals surface area contributed by atoms with Gasteiger partial charge in [-0.1, -0.05) is 41.4 Å². The lowest BCUT2D eigenvalue weighted by Crippen LogP contribution is -2.02. The number of benzene rings is 2. The van der Waals surface area contributed by atoms with Gasteiger partial charge < -0.3 is 9.47 Å². The maximum Gasteiger partial charge on any atom is 0.166 e. The van der Waals surface area contributed by atoms with Gasteiger partial charge in [0.25, 0.3) is 0 Å². The first-order valence-corrected chi connectivity index (χ1v) is 7.82. The number of hydrogen-bond donors (Lipinski definition) is 0. The van der Waals surface area contributed by atoms with Gasteiger partial charge in [-0.15, -0.1) is 11.6 Å². The average Bonchev–Trinajstić information content (AvgIpc) is 2.47. The number of ether oxygens (including phenoxy) is 2. The van der Waals surface area contributed by atoms with Crippen LogP contribution in [0.2, 0.25) is 10.0 Å². The van der Waals surface area contributed by atoms with E-state index in [9.17, 15) is 0 Å². The molecule has 112 valence electrons. The Bertz CT molecular complexity index is 614. The first kappa shape index (κ1) is 16.3. The molecule has 0 saturated heterocycles. The van der Waals surface area contributed by atoms with Gasteiger partial charge in [-0.25, -0.2) is 0 Å². The highest BCUT2D eigenvalue weighted by Crippen LogP contribution is 2.33. The third-order valence-corrected chi connectivity index (χ3v) is 3.77. The van der Waals surface area contributed by atoms with Gasteiger partial charge in [-0.2, -0.15) is 0 Å². The maximum atomic E-state index is 6.15. The van der Waals surface area contributed by atoms with Crippen molar-refractivity contribution >= 4 is 34.8 Å². The highest BCUT2D eigenvalue weighted by Gasteiger charge is 2.11. The van der Waals surface area contributed by atoms with Gasteiger partial charge in [-0.05, 0) is 25.1 Å². The van der Waals surface area contributed by atoms with Crippen LogP contribution in [0.5, 0.6) is 11.5 Å². The minimum atomic E-state index is 0.323. The monoisotopic (exact) mass is 344 g/mol. The lowest BCUT2D eigenvalue weighted by Gasteiger charge is -2.15. The van der Waals surface area contributed by atoms with E-state index in [-0.39, 0.29) is 0 Å². The van der Waals surface area contributed by atoms with Gasteiger partial charge in [0.05, 0.1) is 12.5 Å². The first-order chi connectivity index (χ1) is 10.2. The fraction of sp³-hybridized carbons (Fsp3) is 0.250. The van der Waals surface area contributed by atoms with Crippen molar-refractivity contribution in [3.63, 3.8) is 0 Å². The Morgan fingerprint density at radius 1 is 1.00 bits per heavy atom. The Morgan fingerprint density at radius 3 is 2.48 bits per heavy atom. The van der Waals surface area contributed by atoms with Gasteiger partial charge in [0, 0.05) is 21.2 Å². The molecule has 0 heterocycles. The van der Waals surface area contributed by atoms with E-state index in [2.05, 4.69) is 0 Å². The van der Waals surface area contributed by atoms with Crippen LogP contribution >= 0.6 is 34.8 Å². The second-order valence-corrected chi connectivity index (χ2v) is 5.45. The zero-order valence-electron chi connectivity index (χ0n) is 11.5. The topological polar surface area (TPSA) is 18.5 Å². The summed E-state index contributed by atoms with van der Waals surface area (Å²) >= 11 is 18.0. The summed E-state index contributed by atoms with van der Waals surface area (Å²) in [6, 6.07) is 11.0. The lowest BCUT2D eigenvalue weighted by atomic mass is 10.2. The summed E-state index contributed by atoms with van der Waals surface area (Å²) in [5.74, 6) is 1.69. The Balaban J connectivity index is 2.22.